The Kier molecular flexibility index (Phi) is 5.00. The molecular formula is C15H17F3N2S. The Morgan fingerprint density at radius 3 is 2.67 bits per heavy atom. The van der Waals surface area contributed by atoms with Gasteiger partial charge in [0.25, 0.3) is 0 Å². The van der Waals surface area contributed by atoms with Crippen molar-refractivity contribution in [2.45, 2.75) is 32.5 Å². The lowest BCUT2D eigenvalue weighted by atomic mass is 10.0. The maximum absolute atomic E-state index is 12.9. The Morgan fingerprint density at radius 2 is 2.10 bits per heavy atom. The number of hydrogen-bond acceptors (Lipinski definition) is 3. The third-order valence-electron chi connectivity index (χ3n) is 3.19. The van der Waals surface area contributed by atoms with E-state index in [2.05, 4.69) is 10.3 Å². The van der Waals surface area contributed by atoms with Crippen molar-refractivity contribution < 1.29 is 13.2 Å². The maximum Gasteiger partial charge on any atom is 0.416 e. The van der Waals surface area contributed by atoms with Crippen LogP contribution in [0.15, 0.2) is 29.8 Å². The molecule has 0 saturated carbocycles. The van der Waals surface area contributed by atoms with Crippen molar-refractivity contribution in [3.8, 4) is 0 Å². The highest BCUT2D eigenvalue weighted by atomic mass is 32.1. The van der Waals surface area contributed by atoms with Crippen LogP contribution in [0.2, 0.25) is 0 Å². The number of halogens is 3. The van der Waals surface area contributed by atoms with E-state index in [4.69, 9.17) is 0 Å². The summed E-state index contributed by atoms with van der Waals surface area (Å²) in [5.41, 5.74) is 2.57. The van der Waals surface area contributed by atoms with E-state index < -0.39 is 11.7 Å². The van der Waals surface area contributed by atoms with Crippen molar-refractivity contribution in [3.05, 3.63) is 51.5 Å². The first kappa shape index (κ1) is 16.0. The van der Waals surface area contributed by atoms with Gasteiger partial charge in [0.2, 0.25) is 0 Å². The fourth-order valence-electron chi connectivity index (χ4n) is 2.13. The molecule has 0 saturated heterocycles. The zero-order valence-corrected chi connectivity index (χ0v) is 12.7. The predicted octanol–water partition coefficient (Wildman–Crippen LogP) is 4.56. The van der Waals surface area contributed by atoms with Gasteiger partial charge in [0.1, 0.15) is 0 Å². The van der Waals surface area contributed by atoms with Crippen molar-refractivity contribution >= 4 is 11.3 Å². The molecule has 1 aromatic carbocycles. The second-order valence-electron chi connectivity index (χ2n) is 4.81. The van der Waals surface area contributed by atoms with E-state index in [1.165, 1.54) is 23.5 Å². The van der Waals surface area contributed by atoms with Gasteiger partial charge in [0.15, 0.2) is 0 Å². The first-order chi connectivity index (χ1) is 9.93. The first-order valence-electron chi connectivity index (χ1n) is 6.74. The van der Waals surface area contributed by atoms with Gasteiger partial charge in [-0.05, 0) is 37.6 Å². The van der Waals surface area contributed by atoms with Crippen LogP contribution in [0.4, 0.5) is 13.2 Å². The molecule has 2 rings (SSSR count). The number of aromatic nitrogens is 1. The fourth-order valence-corrected chi connectivity index (χ4v) is 3.04. The molecule has 0 radical (unpaired) electrons. The highest BCUT2D eigenvalue weighted by molar-refractivity contribution is 7.09. The molecule has 0 amide bonds. The van der Waals surface area contributed by atoms with Crippen LogP contribution in [0.5, 0.6) is 0 Å². The molecule has 1 unspecified atom stereocenters. The number of nitrogens with zero attached hydrogens (tertiary/aromatic N) is 1. The third-order valence-corrected chi connectivity index (χ3v) is 4.19. The minimum absolute atomic E-state index is 0.250. The second kappa shape index (κ2) is 6.58. The molecule has 2 aromatic rings. The van der Waals surface area contributed by atoms with Gasteiger partial charge >= 0.3 is 6.18 Å². The lowest BCUT2D eigenvalue weighted by Gasteiger charge is -2.19. The van der Waals surface area contributed by atoms with E-state index >= 15 is 0 Å². The fraction of sp³-hybridized carbons (Fsp3) is 0.400. The molecule has 21 heavy (non-hydrogen) atoms. The lowest BCUT2D eigenvalue weighted by Crippen LogP contribution is -2.23. The molecule has 6 heteroatoms. The van der Waals surface area contributed by atoms with Crippen molar-refractivity contribution in [1.29, 1.82) is 0 Å². The van der Waals surface area contributed by atoms with Crippen LogP contribution in [0.25, 0.3) is 0 Å². The van der Waals surface area contributed by atoms with Gasteiger partial charge in [-0.15, -0.1) is 11.3 Å². The molecule has 0 spiro atoms. The van der Waals surface area contributed by atoms with E-state index in [0.717, 1.165) is 29.6 Å². The summed E-state index contributed by atoms with van der Waals surface area (Å²) in [6.45, 7) is 4.63. The average molecular weight is 314 g/mol. The van der Waals surface area contributed by atoms with E-state index in [9.17, 15) is 13.2 Å². The summed E-state index contributed by atoms with van der Waals surface area (Å²) in [4.78, 5) is 5.16. The van der Waals surface area contributed by atoms with Crippen molar-refractivity contribution in [2.24, 2.45) is 0 Å². The number of benzene rings is 1. The summed E-state index contributed by atoms with van der Waals surface area (Å²) in [5.74, 6) is 0. The Balaban J connectivity index is 2.40. The first-order valence-corrected chi connectivity index (χ1v) is 7.62. The minimum atomic E-state index is -4.33. The van der Waals surface area contributed by atoms with E-state index in [-0.39, 0.29) is 6.04 Å². The van der Waals surface area contributed by atoms with Gasteiger partial charge < -0.3 is 5.32 Å². The quantitative estimate of drug-likeness (QED) is 0.875. The lowest BCUT2D eigenvalue weighted by molar-refractivity contribution is -0.137. The van der Waals surface area contributed by atoms with Gasteiger partial charge in [0, 0.05) is 4.88 Å². The van der Waals surface area contributed by atoms with Crippen LogP contribution in [0, 0.1) is 6.92 Å². The highest BCUT2D eigenvalue weighted by Crippen LogP contribution is 2.33. The molecular weight excluding hydrogens is 297 g/mol. The van der Waals surface area contributed by atoms with E-state index in [0.29, 0.717) is 5.56 Å². The van der Waals surface area contributed by atoms with Crippen LogP contribution in [-0.4, -0.2) is 11.5 Å². The van der Waals surface area contributed by atoms with Crippen molar-refractivity contribution in [2.75, 3.05) is 6.54 Å². The number of nitrogens with one attached hydrogen (secondary N) is 1. The van der Waals surface area contributed by atoms with Gasteiger partial charge in [-0.3, -0.25) is 0 Å². The molecule has 2 nitrogen and oxygen atoms in total. The Bertz CT molecular complexity index is 593. The predicted molar refractivity (Wildman–Crippen MR) is 78.4 cm³/mol. The molecule has 0 aliphatic carbocycles. The summed E-state index contributed by atoms with van der Waals surface area (Å²) in [6.07, 6.45) is -3.42. The van der Waals surface area contributed by atoms with Crippen molar-refractivity contribution in [1.82, 2.24) is 10.3 Å². The van der Waals surface area contributed by atoms with Crippen LogP contribution in [0.3, 0.4) is 0 Å². The molecule has 1 heterocycles. The summed E-state index contributed by atoms with van der Waals surface area (Å²) < 4.78 is 38.6. The zero-order chi connectivity index (χ0) is 15.5. The largest absolute Gasteiger partial charge is 0.416 e. The second-order valence-corrected chi connectivity index (χ2v) is 5.70. The summed E-state index contributed by atoms with van der Waals surface area (Å²) in [5, 5.41) is 3.31. The van der Waals surface area contributed by atoms with E-state index in [1.807, 2.05) is 13.8 Å². The highest BCUT2D eigenvalue weighted by Gasteiger charge is 2.31. The maximum atomic E-state index is 12.9. The molecule has 1 atom stereocenters. The average Bonchev–Trinajstić information content (AvgIpc) is 2.85. The number of hydrogen-bond donors (Lipinski definition) is 1. The Hall–Kier alpha value is -1.40. The summed E-state index contributed by atoms with van der Waals surface area (Å²) in [6, 6.07) is 5.24. The van der Waals surface area contributed by atoms with E-state index in [1.54, 1.807) is 11.6 Å². The Morgan fingerprint density at radius 1 is 1.33 bits per heavy atom. The van der Waals surface area contributed by atoms with Gasteiger partial charge in [-0.1, -0.05) is 19.1 Å². The van der Waals surface area contributed by atoms with Crippen LogP contribution in [-0.2, 0) is 6.18 Å². The van der Waals surface area contributed by atoms with Gasteiger partial charge in [0.05, 0.1) is 22.8 Å². The zero-order valence-electron chi connectivity index (χ0n) is 11.9. The van der Waals surface area contributed by atoms with Crippen LogP contribution >= 0.6 is 11.3 Å². The number of aryl methyl sites for hydroxylation is 1. The molecule has 1 aromatic heterocycles. The number of rotatable bonds is 5. The smallest absolute Gasteiger partial charge is 0.306 e. The summed E-state index contributed by atoms with van der Waals surface area (Å²) >= 11 is 1.46. The number of thiazole rings is 1. The summed E-state index contributed by atoms with van der Waals surface area (Å²) in [7, 11) is 0. The third kappa shape index (κ3) is 3.83. The normalized spacial score (nSPS) is 13.4. The SMILES string of the molecule is CCCNC(c1cccc(C(F)(F)F)c1)c1scnc1C. The molecule has 0 aliphatic rings. The number of alkyl halides is 3. The molecule has 0 bridgehead atoms. The van der Waals surface area contributed by atoms with Crippen LogP contribution < -0.4 is 5.32 Å². The molecule has 0 aliphatic heterocycles. The molecule has 1 N–H and O–H groups in total. The Labute approximate surface area is 126 Å². The van der Waals surface area contributed by atoms with Gasteiger partial charge in [-0.2, -0.15) is 13.2 Å². The minimum Gasteiger partial charge on any atom is -0.306 e. The molecule has 0 fully saturated rings. The van der Waals surface area contributed by atoms with Gasteiger partial charge in [-0.25, -0.2) is 4.98 Å². The standard InChI is InChI=1S/C15H17F3N2S/c1-3-7-19-13(14-10(2)20-9-21-14)11-5-4-6-12(8-11)15(16,17)18/h4-6,8-9,13,19H,3,7H2,1-2H3. The van der Waals surface area contributed by atoms with Crippen LogP contribution in [0.1, 0.15) is 41.1 Å². The molecule has 114 valence electrons. The van der Waals surface area contributed by atoms with Crippen molar-refractivity contribution in [3.63, 3.8) is 0 Å². The monoisotopic (exact) mass is 314 g/mol. The topological polar surface area (TPSA) is 24.9 Å².